The largest absolute Gasteiger partial charge is 0.403 e. The van der Waals surface area contributed by atoms with E-state index in [1.807, 2.05) is 58.0 Å². The molecule has 1 amide bonds. The van der Waals surface area contributed by atoms with E-state index < -0.39 is 0 Å². The number of nitrogens with zero attached hydrogens (tertiary/aromatic N) is 2. The Kier molecular flexibility index (Phi) is 4.65. The number of nitrogens with one attached hydrogen (secondary N) is 1. The van der Waals surface area contributed by atoms with Gasteiger partial charge in [-0.25, -0.2) is 0 Å². The molecule has 0 aliphatic carbocycles. The molecular formula is C20H21N3O2. The first-order valence-electron chi connectivity index (χ1n) is 8.19. The summed E-state index contributed by atoms with van der Waals surface area (Å²) in [6, 6.07) is 12.1. The molecular weight excluding hydrogens is 314 g/mol. The molecule has 0 radical (unpaired) electrons. The maximum atomic E-state index is 12.2. The lowest BCUT2D eigenvalue weighted by Crippen LogP contribution is -2.14. The van der Waals surface area contributed by atoms with E-state index in [1.165, 1.54) is 16.7 Å². The summed E-state index contributed by atoms with van der Waals surface area (Å²) in [7, 11) is 0. The summed E-state index contributed by atoms with van der Waals surface area (Å²) in [4.78, 5) is 12.2. The van der Waals surface area contributed by atoms with Gasteiger partial charge in [0.1, 0.15) is 0 Å². The van der Waals surface area contributed by atoms with E-state index >= 15 is 0 Å². The zero-order chi connectivity index (χ0) is 18.0. The molecule has 0 saturated heterocycles. The highest BCUT2D eigenvalue weighted by atomic mass is 16.4. The van der Waals surface area contributed by atoms with E-state index in [0.717, 1.165) is 16.7 Å². The quantitative estimate of drug-likeness (QED) is 0.777. The van der Waals surface area contributed by atoms with Crippen molar-refractivity contribution in [1.29, 1.82) is 0 Å². The predicted octanol–water partition coefficient (Wildman–Crippen LogP) is 4.15. The molecule has 0 fully saturated rings. The van der Waals surface area contributed by atoms with Gasteiger partial charge < -0.3 is 4.42 Å². The standard InChI is InChI=1S/C20H21N3O2/c1-12-5-8-17(15(4)9-12)19-22-23-20(25-19)21-18(24)11-16-7-6-13(2)14(3)10-16/h5-10H,11H2,1-4H3,(H,21,23,24). The summed E-state index contributed by atoms with van der Waals surface area (Å²) >= 11 is 0. The lowest BCUT2D eigenvalue weighted by molar-refractivity contribution is -0.115. The van der Waals surface area contributed by atoms with Crippen LogP contribution >= 0.6 is 0 Å². The Bertz CT molecular complexity index is 928. The molecule has 0 bridgehead atoms. The lowest BCUT2D eigenvalue weighted by Gasteiger charge is -2.05. The van der Waals surface area contributed by atoms with Crippen molar-refractivity contribution in [3.8, 4) is 11.5 Å². The third-order valence-electron chi connectivity index (χ3n) is 4.22. The van der Waals surface area contributed by atoms with Crippen LogP contribution < -0.4 is 5.32 Å². The van der Waals surface area contributed by atoms with Crippen LogP contribution in [0.1, 0.15) is 27.8 Å². The molecule has 1 heterocycles. The van der Waals surface area contributed by atoms with Crippen LogP contribution in [-0.4, -0.2) is 16.1 Å². The van der Waals surface area contributed by atoms with Gasteiger partial charge in [-0.2, -0.15) is 0 Å². The minimum absolute atomic E-state index is 0.115. The summed E-state index contributed by atoms with van der Waals surface area (Å²) < 4.78 is 5.59. The Morgan fingerprint density at radius 2 is 1.76 bits per heavy atom. The zero-order valence-corrected chi connectivity index (χ0v) is 14.9. The molecule has 0 aliphatic heterocycles. The summed E-state index contributed by atoms with van der Waals surface area (Å²) in [5.74, 6) is 0.220. The molecule has 5 nitrogen and oxygen atoms in total. The van der Waals surface area contributed by atoms with Gasteiger partial charge in [0.05, 0.1) is 6.42 Å². The van der Waals surface area contributed by atoms with Gasteiger partial charge in [0.25, 0.3) is 0 Å². The van der Waals surface area contributed by atoms with Gasteiger partial charge in [-0.05, 0) is 56.0 Å². The number of aromatic nitrogens is 2. The van der Waals surface area contributed by atoms with Crippen LogP contribution in [0.3, 0.4) is 0 Å². The molecule has 2 aromatic carbocycles. The summed E-state index contributed by atoms with van der Waals surface area (Å²) in [6.07, 6.45) is 0.266. The normalized spacial score (nSPS) is 10.7. The Hall–Kier alpha value is -2.95. The molecule has 5 heteroatoms. The summed E-state index contributed by atoms with van der Waals surface area (Å²) in [5, 5.41) is 10.6. The molecule has 1 N–H and O–H groups in total. The Balaban J connectivity index is 1.70. The van der Waals surface area contributed by atoms with Gasteiger partial charge in [-0.1, -0.05) is 41.0 Å². The molecule has 3 rings (SSSR count). The Labute approximate surface area is 147 Å². The maximum Gasteiger partial charge on any atom is 0.322 e. The number of aryl methyl sites for hydroxylation is 4. The third kappa shape index (κ3) is 3.94. The monoisotopic (exact) mass is 335 g/mol. The highest BCUT2D eigenvalue weighted by Gasteiger charge is 2.13. The van der Waals surface area contributed by atoms with E-state index in [4.69, 9.17) is 4.42 Å². The third-order valence-corrected chi connectivity index (χ3v) is 4.22. The average Bonchev–Trinajstić information content (AvgIpc) is 2.99. The SMILES string of the molecule is Cc1ccc(-c2nnc(NC(=O)Cc3ccc(C)c(C)c3)o2)c(C)c1. The smallest absolute Gasteiger partial charge is 0.322 e. The molecule has 128 valence electrons. The van der Waals surface area contributed by atoms with Crippen molar-refractivity contribution in [2.24, 2.45) is 0 Å². The second kappa shape index (κ2) is 6.89. The van der Waals surface area contributed by atoms with Crippen LogP contribution in [0.2, 0.25) is 0 Å². The van der Waals surface area contributed by atoms with E-state index in [-0.39, 0.29) is 18.3 Å². The number of benzene rings is 2. The fraction of sp³-hybridized carbons (Fsp3) is 0.250. The van der Waals surface area contributed by atoms with Gasteiger partial charge in [0.15, 0.2) is 0 Å². The number of carbonyl (C=O) groups is 1. The summed E-state index contributed by atoms with van der Waals surface area (Å²) in [6.45, 7) is 8.10. The fourth-order valence-corrected chi connectivity index (χ4v) is 2.70. The molecule has 0 atom stereocenters. The molecule has 1 aromatic heterocycles. The van der Waals surface area contributed by atoms with Crippen LogP contribution in [0.5, 0.6) is 0 Å². The van der Waals surface area contributed by atoms with Gasteiger partial charge in [-0.15, -0.1) is 5.10 Å². The van der Waals surface area contributed by atoms with Crippen molar-refractivity contribution in [2.45, 2.75) is 34.1 Å². The first-order valence-corrected chi connectivity index (χ1v) is 8.19. The number of rotatable bonds is 4. The maximum absolute atomic E-state index is 12.2. The highest BCUT2D eigenvalue weighted by molar-refractivity contribution is 5.90. The molecule has 25 heavy (non-hydrogen) atoms. The predicted molar refractivity (Wildman–Crippen MR) is 97.5 cm³/mol. The van der Waals surface area contributed by atoms with Gasteiger partial charge in [0.2, 0.25) is 11.8 Å². The van der Waals surface area contributed by atoms with Gasteiger partial charge in [-0.3, -0.25) is 10.1 Å². The van der Waals surface area contributed by atoms with Crippen LogP contribution in [0.4, 0.5) is 6.01 Å². The van der Waals surface area contributed by atoms with E-state index in [2.05, 4.69) is 21.6 Å². The fourth-order valence-electron chi connectivity index (χ4n) is 2.70. The van der Waals surface area contributed by atoms with E-state index in [0.29, 0.717) is 5.89 Å². The topological polar surface area (TPSA) is 68.0 Å². The zero-order valence-electron chi connectivity index (χ0n) is 14.9. The Morgan fingerprint density at radius 3 is 2.48 bits per heavy atom. The molecule has 0 aliphatic rings. The summed E-state index contributed by atoms with van der Waals surface area (Å²) in [5.41, 5.74) is 6.42. The van der Waals surface area contributed by atoms with Crippen molar-refractivity contribution in [2.75, 3.05) is 5.32 Å². The number of amides is 1. The minimum atomic E-state index is -0.181. The first-order chi connectivity index (χ1) is 11.9. The average molecular weight is 335 g/mol. The second-order valence-electron chi connectivity index (χ2n) is 6.37. The van der Waals surface area contributed by atoms with E-state index in [9.17, 15) is 4.79 Å². The van der Waals surface area contributed by atoms with Crippen LogP contribution in [0.25, 0.3) is 11.5 Å². The van der Waals surface area contributed by atoms with Crippen LogP contribution in [0.15, 0.2) is 40.8 Å². The van der Waals surface area contributed by atoms with Crippen molar-refractivity contribution in [1.82, 2.24) is 10.2 Å². The lowest BCUT2D eigenvalue weighted by atomic mass is 10.0. The number of anilines is 1. The number of hydrogen-bond acceptors (Lipinski definition) is 4. The second-order valence-corrected chi connectivity index (χ2v) is 6.37. The minimum Gasteiger partial charge on any atom is -0.403 e. The number of hydrogen-bond donors (Lipinski definition) is 1. The van der Waals surface area contributed by atoms with Crippen molar-refractivity contribution < 1.29 is 9.21 Å². The molecule has 0 unspecified atom stereocenters. The molecule has 0 saturated carbocycles. The van der Waals surface area contributed by atoms with Crippen molar-refractivity contribution in [3.05, 3.63) is 64.2 Å². The van der Waals surface area contributed by atoms with Crippen molar-refractivity contribution in [3.63, 3.8) is 0 Å². The van der Waals surface area contributed by atoms with Gasteiger partial charge >= 0.3 is 6.01 Å². The Morgan fingerprint density at radius 1 is 0.960 bits per heavy atom. The number of carbonyl (C=O) groups excluding carboxylic acids is 1. The highest BCUT2D eigenvalue weighted by Crippen LogP contribution is 2.24. The van der Waals surface area contributed by atoms with E-state index in [1.54, 1.807) is 0 Å². The molecule has 0 spiro atoms. The first kappa shape index (κ1) is 16.9. The van der Waals surface area contributed by atoms with Crippen LogP contribution in [0, 0.1) is 27.7 Å². The van der Waals surface area contributed by atoms with Gasteiger partial charge in [0, 0.05) is 5.56 Å². The molecule has 3 aromatic rings. The van der Waals surface area contributed by atoms with Crippen molar-refractivity contribution >= 4 is 11.9 Å². The van der Waals surface area contributed by atoms with Crippen LogP contribution in [-0.2, 0) is 11.2 Å².